The zero-order chi connectivity index (χ0) is 21.4. The third kappa shape index (κ3) is 3.48. The van der Waals surface area contributed by atoms with Crippen molar-refractivity contribution in [3.63, 3.8) is 0 Å². The number of para-hydroxylation sites is 1. The molecule has 0 spiro atoms. The molecule has 0 aromatic heterocycles. The average molecular weight is 415 g/mol. The van der Waals surface area contributed by atoms with Crippen LogP contribution in [0.15, 0.2) is 66.4 Å². The van der Waals surface area contributed by atoms with Crippen LogP contribution in [0.3, 0.4) is 0 Å². The third-order valence-corrected chi connectivity index (χ3v) is 7.31. The summed E-state index contributed by atoms with van der Waals surface area (Å²) in [4.78, 5) is 31.8. The summed E-state index contributed by atoms with van der Waals surface area (Å²) in [7, 11) is 1.84. The molecule has 4 nitrogen and oxygen atoms in total. The van der Waals surface area contributed by atoms with E-state index in [9.17, 15) is 9.59 Å². The highest BCUT2D eigenvalue weighted by Crippen LogP contribution is 2.48. The van der Waals surface area contributed by atoms with Gasteiger partial charge >= 0.3 is 0 Å². The molecule has 3 aliphatic rings. The molecule has 0 saturated carbocycles. The zero-order valence-corrected chi connectivity index (χ0v) is 18.2. The first-order chi connectivity index (χ1) is 15.2. The van der Waals surface area contributed by atoms with Crippen molar-refractivity contribution in [2.45, 2.75) is 38.0 Å². The van der Waals surface area contributed by atoms with Crippen LogP contribution >= 0.6 is 0 Å². The van der Waals surface area contributed by atoms with E-state index >= 15 is 0 Å². The fraction of sp³-hybridized carbons (Fsp3) is 0.407. The normalized spacial score (nSPS) is 24.2. The molecule has 160 valence electrons. The first kappa shape index (κ1) is 20.0. The second kappa shape index (κ2) is 8.33. The number of fused-ring (bicyclic) bond motifs is 1. The number of carbonyl (C=O) groups excluding carboxylic acids is 2. The monoisotopic (exact) mass is 414 g/mol. The molecule has 4 heteroatoms. The lowest BCUT2D eigenvalue weighted by molar-refractivity contribution is -0.120. The molecule has 0 radical (unpaired) electrons. The summed E-state index contributed by atoms with van der Waals surface area (Å²) < 4.78 is 0. The summed E-state index contributed by atoms with van der Waals surface area (Å²) in [5, 5.41) is 0. The van der Waals surface area contributed by atoms with Crippen LogP contribution in [-0.4, -0.2) is 36.7 Å². The minimum Gasteiger partial charge on any atom is -0.375 e. The van der Waals surface area contributed by atoms with Gasteiger partial charge in [-0.3, -0.25) is 9.59 Å². The van der Waals surface area contributed by atoms with Crippen LogP contribution in [0, 0.1) is 11.8 Å². The van der Waals surface area contributed by atoms with Gasteiger partial charge in [0.15, 0.2) is 5.78 Å². The molecule has 3 atom stereocenters. The molecular weight excluding hydrogens is 384 g/mol. The summed E-state index contributed by atoms with van der Waals surface area (Å²) in [5.41, 5.74) is 3.94. The van der Waals surface area contributed by atoms with Gasteiger partial charge in [0.2, 0.25) is 5.91 Å². The Hall–Kier alpha value is -2.88. The number of hydrogen-bond acceptors (Lipinski definition) is 3. The zero-order valence-electron chi connectivity index (χ0n) is 18.2. The highest BCUT2D eigenvalue weighted by Gasteiger charge is 2.48. The standard InChI is InChI=1S/C27H30N2O2/c1-28-22-15-7-5-13-20(22)25(27(28)31)24(26(30)19-11-3-2-4-12-19)21-14-6-8-16-23(21)29-17-9-10-18-29/h2-5,7,11-13,15-16,21,24-25H,6,8-10,14,17-18H2,1H3/t21-,24-,25-/m1/s1. The van der Waals surface area contributed by atoms with Gasteiger partial charge in [-0.2, -0.15) is 0 Å². The predicted molar refractivity (Wildman–Crippen MR) is 123 cm³/mol. The van der Waals surface area contributed by atoms with E-state index in [0.29, 0.717) is 5.56 Å². The highest BCUT2D eigenvalue weighted by molar-refractivity contribution is 6.10. The van der Waals surface area contributed by atoms with Crippen LogP contribution in [0.2, 0.25) is 0 Å². The van der Waals surface area contributed by atoms with E-state index in [1.165, 1.54) is 18.5 Å². The Labute approximate surface area is 184 Å². The number of nitrogens with zero attached hydrogens (tertiary/aromatic N) is 2. The van der Waals surface area contributed by atoms with E-state index in [1.54, 1.807) is 4.90 Å². The topological polar surface area (TPSA) is 40.6 Å². The number of hydrogen-bond donors (Lipinski definition) is 0. The SMILES string of the molecule is CN1C(=O)[C@@H]([C@H](C(=O)c2ccccc2)[C@@H]2CCCC=C2N2CCCC2)c2ccccc21. The van der Waals surface area contributed by atoms with E-state index in [2.05, 4.69) is 11.0 Å². The van der Waals surface area contributed by atoms with Crippen molar-refractivity contribution < 1.29 is 9.59 Å². The number of rotatable bonds is 5. The first-order valence-electron chi connectivity index (χ1n) is 11.6. The lowest BCUT2D eigenvalue weighted by atomic mass is 9.69. The summed E-state index contributed by atoms with van der Waals surface area (Å²) in [6.07, 6.45) is 7.84. The molecule has 5 rings (SSSR count). The van der Waals surface area contributed by atoms with Gasteiger partial charge in [-0.25, -0.2) is 0 Å². The fourth-order valence-corrected chi connectivity index (χ4v) is 5.81. The van der Waals surface area contributed by atoms with Crippen LogP contribution in [0.1, 0.15) is 53.9 Å². The van der Waals surface area contributed by atoms with Crippen molar-refractivity contribution in [1.82, 2.24) is 4.90 Å². The number of likely N-dealkylation sites (N-methyl/N-ethyl adjacent to an activating group) is 1. The Morgan fingerprint density at radius 2 is 1.68 bits per heavy atom. The number of anilines is 1. The second-order valence-electron chi connectivity index (χ2n) is 9.05. The summed E-state index contributed by atoms with van der Waals surface area (Å²) in [6.45, 7) is 2.12. The Morgan fingerprint density at radius 1 is 0.968 bits per heavy atom. The maximum absolute atomic E-state index is 14.0. The summed E-state index contributed by atoms with van der Waals surface area (Å²) >= 11 is 0. The van der Waals surface area contributed by atoms with Crippen molar-refractivity contribution in [1.29, 1.82) is 0 Å². The van der Waals surface area contributed by atoms with Gasteiger partial charge in [-0.15, -0.1) is 0 Å². The molecular formula is C27H30N2O2. The van der Waals surface area contributed by atoms with Crippen LogP contribution in [0.25, 0.3) is 0 Å². The van der Waals surface area contributed by atoms with Gasteiger partial charge in [-0.05, 0) is 43.7 Å². The number of benzene rings is 2. The van der Waals surface area contributed by atoms with E-state index in [0.717, 1.165) is 43.6 Å². The largest absolute Gasteiger partial charge is 0.375 e. The van der Waals surface area contributed by atoms with Crippen LogP contribution in [-0.2, 0) is 4.79 Å². The third-order valence-electron chi connectivity index (χ3n) is 7.31. The minimum absolute atomic E-state index is 0.0434. The van der Waals surface area contributed by atoms with E-state index < -0.39 is 5.92 Å². The van der Waals surface area contributed by atoms with Crippen molar-refractivity contribution in [2.24, 2.45) is 11.8 Å². The lowest BCUT2D eigenvalue weighted by Gasteiger charge is -2.38. The molecule has 0 N–H and O–H groups in total. The average Bonchev–Trinajstić information content (AvgIpc) is 3.44. The molecule has 0 unspecified atom stereocenters. The number of ketones is 1. The maximum atomic E-state index is 14.0. The molecule has 31 heavy (non-hydrogen) atoms. The van der Waals surface area contributed by atoms with Crippen LogP contribution in [0.5, 0.6) is 0 Å². The van der Waals surface area contributed by atoms with E-state index in [-0.39, 0.29) is 23.5 Å². The van der Waals surface area contributed by atoms with Crippen molar-refractivity contribution in [3.05, 3.63) is 77.5 Å². The van der Waals surface area contributed by atoms with Gasteiger partial charge in [0.1, 0.15) is 0 Å². The Kier molecular flexibility index (Phi) is 5.39. The van der Waals surface area contributed by atoms with Gasteiger partial charge in [-0.1, -0.05) is 54.6 Å². The molecule has 2 heterocycles. The van der Waals surface area contributed by atoms with Gasteiger partial charge in [0, 0.05) is 48.9 Å². The van der Waals surface area contributed by atoms with Crippen molar-refractivity contribution in [3.8, 4) is 0 Å². The van der Waals surface area contributed by atoms with E-state index in [1.807, 2.05) is 61.6 Å². The Morgan fingerprint density at radius 3 is 2.45 bits per heavy atom. The molecule has 1 saturated heterocycles. The minimum atomic E-state index is -0.428. The van der Waals surface area contributed by atoms with Gasteiger partial charge in [0.25, 0.3) is 0 Å². The number of amides is 1. The smallest absolute Gasteiger partial charge is 0.235 e. The molecule has 0 bridgehead atoms. The van der Waals surface area contributed by atoms with Gasteiger partial charge < -0.3 is 9.80 Å². The quantitative estimate of drug-likeness (QED) is 0.645. The van der Waals surface area contributed by atoms with Crippen LogP contribution in [0.4, 0.5) is 5.69 Å². The first-order valence-corrected chi connectivity index (χ1v) is 11.6. The van der Waals surface area contributed by atoms with Crippen molar-refractivity contribution >= 4 is 17.4 Å². The highest BCUT2D eigenvalue weighted by atomic mass is 16.2. The predicted octanol–water partition coefficient (Wildman–Crippen LogP) is 5.03. The number of likely N-dealkylation sites (tertiary alicyclic amines) is 1. The van der Waals surface area contributed by atoms with Crippen molar-refractivity contribution in [2.75, 3.05) is 25.0 Å². The molecule has 1 aliphatic carbocycles. The lowest BCUT2D eigenvalue weighted by Crippen LogP contribution is -2.40. The summed E-state index contributed by atoms with van der Waals surface area (Å²) in [6, 6.07) is 17.5. The number of Topliss-reactive ketones (excluding diaryl/α,β-unsaturated/α-hetero) is 1. The molecule has 1 amide bonds. The number of carbonyl (C=O) groups is 2. The maximum Gasteiger partial charge on any atom is 0.235 e. The molecule has 2 aromatic carbocycles. The number of allylic oxidation sites excluding steroid dienone is 2. The molecule has 1 fully saturated rings. The Bertz CT molecular complexity index is 1010. The second-order valence-corrected chi connectivity index (χ2v) is 9.05. The fourth-order valence-electron chi connectivity index (χ4n) is 5.81. The van der Waals surface area contributed by atoms with E-state index in [4.69, 9.17) is 0 Å². The molecule has 2 aliphatic heterocycles. The molecule has 2 aromatic rings. The van der Waals surface area contributed by atoms with Crippen LogP contribution < -0.4 is 4.90 Å². The van der Waals surface area contributed by atoms with Gasteiger partial charge in [0.05, 0.1) is 5.92 Å². The Balaban J connectivity index is 1.62. The summed E-state index contributed by atoms with van der Waals surface area (Å²) in [5.74, 6) is -0.591.